The van der Waals surface area contributed by atoms with E-state index in [1.54, 1.807) is 24.3 Å². The number of amides is 1. The Bertz CT molecular complexity index is 1720. The highest BCUT2D eigenvalue weighted by atomic mass is 32.3. The van der Waals surface area contributed by atoms with Crippen LogP contribution in [0.4, 0.5) is 5.13 Å². The number of hydrogen-bond donors (Lipinski definition) is 3. The van der Waals surface area contributed by atoms with Gasteiger partial charge < -0.3 is 30.7 Å². The molecular weight excluding hydrogens is 634 g/mol. The Morgan fingerprint density at radius 1 is 1.27 bits per heavy atom. The van der Waals surface area contributed by atoms with Gasteiger partial charge in [-0.3, -0.25) is 9.59 Å². The third-order valence-corrected chi connectivity index (χ3v) is 7.98. The van der Waals surface area contributed by atoms with Crippen LogP contribution in [-0.4, -0.2) is 81.0 Å². The standard InChI is InChI=1S/C26H31N7O10S2/c1-26(2)18(23(35)33(26)43-45(38,39)40)10-20(34)22(19-14-44-25(28)29-19)30-42-21(24(36)37)13-41-17-6-4-15(5-7-17)16-11-31(3)32(12-16)9-8-27/h4-7,11-12,14,18,21H,8-10,13,27H2,1-3H3,(H3-,28,29,36,37,38,39,40)/b30-22-/t18-,21+/m1/s1. The smallest absolute Gasteiger partial charge is 0.351 e. The number of aryl methyl sites for hydroxylation is 1. The number of anilines is 1. The summed E-state index contributed by atoms with van der Waals surface area (Å²) in [4.78, 5) is 47.0. The number of rotatable bonds is 15. The maximum absolute atomic E-state index is 13.3. The van der Waals surface area contributed by atoms with Crippen LogP contribution in [0.1, 0.15) is 26.0 Å². The fraction of sp³-hybridized carbons (Fsp3) is 0.385. The number of nitrogen functional groups attached to an aromatic ring is 1. The van der Waals surface area contributed by atoms with Crippen molar-refractivity contribution in [3.05, 3.63) is 47.7 Å². The van der Waals surface area contributed by atoms with E-state index in [1.165, 1.54) is 19.2 Å². The number of thiazole rings is 1. The van der Waals surface area contributed by atoms with Gasteiger partial charge in [0, 0.05) is 18.3 Å². The molecule has 3 aromatic rings. The molecule has 0 unspecified atom stereocenters. The Hall–Kier alpha value is -4.43. The number of benzene rings is 1. The number of carbonyl (C=O) groups excluding carboxylic acids is 2. The monoisotopic (exact) mass is 665 g/mol. The van der Waals surface area contributed by atoms with Crippen LogP contribution in [0.25, 0.3) is 11.1 Å². The fourth-order valence-corrected chi connectivity index (χ4v) is 5.52. The number of carboxylic acid groups (broad SMARTS) is 1. The number of Topliss-reactive ketones (excluding diaryl/α,β-unsaturated/α-hetero) is 1. The molecule has 0 radical (unpaired) electrons. The second kappa shape index (κ2) is 13.3. The molecule has 17 nitrogen and oxygen atoms in total. The average molecular weight is 666 g/mol. The fourth-order valence-electron chi connectivity index (χ4n) is 4.53. The molecule has 45 heavy (non-hydrogen) atoms. The van der Waals surface area contributed by atoms with Crippen molar-refractivity contribution in [3.8, 4) is 16.9 Å². The number of nitrogens with zero attached hydrogens (tertiary/aromatic N) is 5. The number of carbonyl (C=O) groups is 3. The molecule has 1 aliphatic heterocycles. The van der Waals surface area contributed by atoms with Crippen LogP contribution in [0.15, 0.2) is 47.2 Å². The Kier molecular flexibility index (Phi) is 9.88. The summed E-state index contributed by atoms with van der Waals surface area (Å²) in [5.74, 6) is -3.89. The van der Waals surface area contributed by atoms with Crippen LogP contribution in [-0.2, 0) is 47.5 Å². The second-order valence-corrected chi connectivity index (χ2v) is 12.3. The van der Waals surface area contributed by atoms with Crippen LogP contribution in [0, 0.1) is 5.92 Å². The van der Waals surface area contributed by atoms with Crippen molar-refractivity contribution in [3.63, 3.8) is 0 Å². The van der Waals surface area contributed by atoms with Gasteiger partial charge in [0.1, 0.15) is 18.1 Å². The molecule has 0 saturated carbocycles. The number of ketones is 1. The van der Waals surface area contributed by atoms with E-state index in [1.807, 2.05) is 28.8 Å². The molecule has 0 spiro atoms. The van der Waals surface area contributed by atoms with E-state index in [4.69, 9.17) is 21.0 Å². The van der Waals surface area contributed by atoms with Gasteiger partial charge in [0.15, 0.2) is 23.7 Å². The molecule has 242 valence electrons. The lowest BCUT2D eigenvalue weighted by molar-refractivity contribution is -0.753. The van der Waals surface area contributed by atoms with Gasteiger partial charge in [0.05, 0.1) is 29.8 Å². The number of carboxylic acids is 1. The topological polar surface area (TPSA) is 246 Å². The van der Waals surface area contributed by atoms with Gasteiger partial charge in [-0.2, -0.15) is 14.0 Å². The SMILES string of the molecule is C[n+]1cc(-c2ccc(OC[C@H](O/N=C(\C(=O)C[C@@H]3C(=O)N(OS(=O)(=O)[O-])C3(C)C)c3csc(N)n3)C(=O)O)cc2)cn1CCN. The van der Waals surface area contributed by atoms with Gasteiger partial charge in [-0.1, -0.05) is 17.3 Å². The predicted molar refractivity (Wildman–Crippen MR) is 156 cm³/mol. The molecule has 5 N–H and O–H groups in total. The summed E-state index contributed by atoms with van der Waals surface area (Å²) in [6, 6.07) is 6.93. The Balaban J connectivity index is 1.45. The molecule has 0 aliphatic carbocycles. The summed E-state index contributed by atoms with van der Waals surface area (Å²) in [5, 5.41) is 15.3. The van der Waals surface area contributed by atoms with E-state index in [-0.39, 0.29) is 10.8 Å². The van der Waals surface area contributed by atoms with E-state index in [0.717, 1.165) is 22.5 Å². The normalized spacial score (nSPS) is 17.1. The number of hydroxylamine groups is 2. The first-order valence-corrected chi connectivity index (χ1v) is 15.5. The summed E-state index contributed by atoms with van der Waals surface area (Å²) < 4.78 is 46.7. The molecule has 2 aromatic heterocycles. The van der Waals surface area contributed by atoms with Gasteiger partial charge in [-0.25, -0.2) is 18.2 Å². The van der Waals surface area contributed by atoms with Gasteiger partial charge in [-0.05, 0) is 31.5 Å². The molecule has 1 aromatic carbocycles. The maximum atomic E-state index is 13.3. The summed E-state index contributed by atoms with van der Waals surface area (Å²) in [6.45, 7) is 3.45. The van der Waals surface area contributed by atoms with E-state index in [0.29, 0.717) is 23.9 Å². The van der Waals surface area contributed by atoms with Crippen molar-refractivity contribution in [1.82, 2.24) is 14.7 Å². The number of oxime groups is 1. The number of ether oxygens (including phenoxy) is 1. The van der Waals surface area contributed by atoms with Gasteiger partial charge >= 0.3 is 5.97 Å². The van der Waals surface area contributed by atoms with Crippen LogP contribution < -0.4 is 20.9 Å². The highest BCUT2D eigenvalue weighted by molar-refractivity contribution is 7.80. The van der Waals surface area contributed by atoms with Crippen molar-refractivity contribution in [2.75, 3.05) is 18.9 Å². The lowest BCUT2D eigenvalue weighted by atomic mass is 9.74. The Labute approximate surface area is 261 Å². The molecule has 1 amide bonds. The number of hydrogen-bond acceptors (Lipinski definition) is 14. The van der Waals surface area contributed by atoms with E-state index < -0.39 is 64.4 Å². The van der Waals surface area contributed by atoms with Crippen molar-refractivity contribution >= 4 is 50.2 Å². The Morgan fingerprint density at radius 2 is 1.96 bits per heavy atom. The summed E-state index contributed by atoms with van der Waals surface area (Å²) in [5.41, 5.74) is 11.4. The summed E-state index contributed by atoms with van der Waals surface area (Å²) in [7, 11) is -3.34. The highest BCUT2D eigenvalue weighted by Crippen LogP contribution is 2.40. The minimum atomic E-state index is -5.24. The number of aromatic nitrogens is 3. The van der Waals surface area contributed by atoms with Crippen LogP contribution >= 0.6 is 11.3 Å². The van der Waals surface area contributed by atoms with E-state index >= 15 is 0 Å². The molecule has 1 aliphatic rings. The zero-order valence-corrected chi connectivity index (χ0v) is 26.0. The second-order valence-electron chi connectivity index (χ2n) is 10.5. The van der Waals surface area contributed by atoms with Crippen molar-refractivity contribution in [1.29, 1.82) is 0 Å². The van der Waals surface area contributed by atoms with E-state index in [9.17, 15) is 32.5 Å². The molecule has 1 saturated heterocycles. The van der Waals surface area contributed by atoms with Gasteiger partial charge in [0.25, 0.3) is 12.0 Å². The number of β-lactam (4-membered cyclic amide) rings is 1. The molecule has 4 rings (SSSR count). The van der Waals surface area contributed by atoms with Crippen molar-refractivity contribution in [2.45, 2.75) is 38.5 Å². The zero-order valence-electron chi connectivity index (χ0n) is 24.4. The van der Waals surface area contributed by atoms with E-state index in [2.05, 4.69) is 14.4 Å². The third-order valence-electron chi connectivity index (χ3n) is 6.97. The number of aliphatic carboxylic acids is 1. The molecule has 19 heteroatoms. The first-order valence-electron chi connectivity index (χ1n) is 13.3. The predicted octanol–water partition coefficient (Wildman–Crippen LogP) is -0.182. The van der Waals surface area contributed by atoms with Crippen LogP contribution in [0.2, 0.25) is 0 Å². The first kappa shape index (κ1) is 33.5. The molecule has 2 atom stereocenters. The largest absolute Gasteiger partial charge is 0.724 e. The third kappa shape index (κ3) is 7.81. The molecular formula is C26H31N7O10S2. The minimum Gasteiger partial charge on any atom is -0.724 e. The van der Waals surface area contributed by atoms with Crippen molar-refractivity contribution < 1.29 is 51.0 Å². The molecule has 3 heterocycles. The maximum Gasteiger partial charge on any atom is 0.351 e. The lowest BCUT2D eigenvalue weighted by Crippen LogP contribution is -2.68. The minimum absolute atomic E-state index is 0.0309. The van der Waals surface area contributed by atoms with Crippen molar-refractivity contribution in [2.24, 2.45) is 23.9 Å². The highest BCUT2D eigenvalue weighted by Gasteiger charge is 2.57. The quantitative estimate of drug-likeness (QED) is 0.0477. The molecule has 0 bridgehead atoms. The number of nitrogens with two attached hydrogens (primary N) is 2. The summed E-state index contributed by atoms with van der Waals surface area (Å²) >= 11 is 0.980. The van der Waals surface area contributed by atoms with Gasteiger partial charge in [0.2, 0.25) is 16.6 Å². The molecule has 1 fully saturated rings. The zero-order chi connectivity index (χ0) is 33.1. The summed E-state index contributed by atoms with van der Waals surface area (Å²) in [6.07, 6.45) is 1.72. The average Bonchev–Trinajstić information content (AvgIpc) is 3.56. The van der Waals surface area contributed by atoms with Crippen LogP contribution in [0.5, 0.6) is 5.75 Å². The van der Waals surface area contributed by atoms with Crippen LogP contribution in [0.3, 0.4) is 0 Å². The Morgan fingerprint density at radius 3 is 2.51 bits per heavy atom. The lowest BCUT2D eigenvalue weighted by Gasteiger charge is -2.51. The first-order chi connectivity index (χ1) is 21.1. The van der Waals surface area contributed by atoms with Gasteiger partial charge in [-0.15, -0.1) is 16.0 Å².